The lowest BCUT2D eigenvalue weighted by Crippen LogP contribution is -2.54. The summed E-state index contributed by atoms with van der Waals surface area (Å²) in [7, 11) is 1.88. The van der Waals surface area contributed by atoms with Crippen molar-refractivity contribution in [2.45, 2.75) is 139 Å². The predicted molar refractivity (Wildman–Crippen MR) is 162 cm³/mol. The lowest BCUT2D eigenvalue weighted by Gasteiger charge is -2.56. The number of phenols is 1. The van der Waals surface area contributed by atoms with E-state index < -0.39 is 48.1 Å². The average Bonchev–Trinajstić information content (AvgIpc) is 3.20. The molecule has 0 bridgehead atoms. The molecule has 3 nitrogen and oxygen atoms in total. The number of aliphatic hydroxyl groups is 1. The van der Waals surface area contributed by atoms with Gasteiger partial charge in [0.1, 0.15) is 18.1 Å². The molecule has 3 aliphatic carbocycles. The first-order chi connectivity index (χ1) is 21.4. The molecule has 1 aromatic rings. The molecule has 3 aliphatic rings. The second-order valence-electron chi connectivity index (χ2n) is 14.9. The van der Waals surface area contributed by atoms with Gasteiger partial charge in [0.25, 0.3) is 0 Å². The van der Waals surface area contributed by atoms with Crippen LogP contribution in [-0.4, -0.2) is 71.5 Å². The van der Waals surface area contributed by atoms with E-state index in [1.165, 1.54) is 0 Å². The van der Waals surface area contributed by atoms with E-state index in [4.69, 9.17) is 0 Å². The van der Waals surface area contributed by atoms with Crippen LogP contribution in [0.2, 0.25) is 0 Å². The molecule has 46 heavy (non-hydrogen) atoms. The van der Waals surface area contributed by atoms with Crippen LogP contribution in [0.25, 0.3) is 0 Å². The maximum Gasteiger partial charge on any atom is 0.456 e. The minimum absolute atomic E-state index is 0.0161. The van der Waals surface area contributed by atoms with Crippen molar-refractivity contribution in [2.24, 2.45) is 23.2 Å². The fraction of sp³-hybridized carbons (Fsp3) is 0.829. The Morgan fingerprint density at radius 2 is 1.65 bits per heavy atom. The third kappa shape index (κ3) is 7.81. The van der Waals surface area contributed by atoms with E-state index in [0.29, 0.717) is 19.4 Å². The average molecular weight is 670 g/mol. The zero-order valence-electron chi connectivity index (χ0n) is 27.2. The number of fused-ring (bicyclic) bond motifs is 5. The van der Waals surface area contributed by atoms with E-state index in [0.717, 1.165) is 56.2 Å². The van der Waals surface area contributed by atoms with Gasteiger partial charge < -0.3 is 15.1 Å². The third-order valence-electron chi connectivity index (χ3n) is 11.8. The highest BCUT2D eigenvalue weighted by Gasteiger charge is 2.64. The second-order valence-corrected chi connectivity index (χ2v) is 14.9. The molecule has 0 aliphatic heterocycles. The van der Waals surface area contributed by atoms with E-state index >= 15 is 4.39 Å². The van der Waals surface area contributed by atoms with Crippen molar-refractivity contribution in [3.8, 4) is 5.75 Å². The van der Waals surface area contributed by atoms with Crippen LogP contribution < -0.4 is 0 Å². The normalized spacial score (nSPS) is 32.6. The molecular formula is C35H51F8NO2. The molecule has 4 rings (SSSR count). The molecule has 2 fully saturated rings. The Hall–Kier alpha value is -1.62. The standard InChI is InChI=1S/C35H51F8NO2/c1-32-21-28(37)31-26-13-12-25(45)20-23(26)19-22(30(31)27(32)14-16-33(32,2)46)9-5-4-8-17-44(3)18-15-24(36)10-6-7-11-29(38)34(39,40)35(41,42)43/h12-13,20,22,24,27-31,45-46H,4-11,14-19,21H2,1-3H3/t22-,24?,27+,28+,29?,30+,31+,32+,33+/m1/s1. The van der Waals surface area contributed by atoms with Gasteiger partial charge in [-0.15, -0.1) is 0 Å². The Morgan fingerprint density at radius 3 is 2.35 bits per heavy atom. The molecule has 9 atom stereocenters. The summed E-state index contributed by atoms with van der Waals surface area (Å²) in [5.74, 6) is -4.85. The topological polar surface area (TPSA) is 43.7 Å². The van der Waals surface area contributed by atoms with Gasteiger partial charge in [-0.1, -0.05) is 38.7 Å². The zero-order valence-corrected chi connectivity index (χ0v) is 27.2. The van der Waals surface area contributed by atoms with Crippen LogP contribution in [0, 0.1) is 23.2 Å². The van der Waals surface area contributed by atoms with Gasteiger partial charge >= 0.3 is 12.1 Å². The number of phenolic OH excluding ortho intramolecular Hbond substituents is 1. The Morgan fingerprint density at radius 1 is 0.957 bits per heavy atom. The molecule has 2 N–H and O–H groups in total. The van der Waals surface area contributed by atoms with Crippen LogP contribution in [0.15, 0.2) is 18.2 Å². The smallest absolute Gasteiger partial charge is 0.456 e. The molecule has 11 heteroatoms. The van der Waals surface area contributed by atoms with Crippen molar-refractivity contribution in [3.63, 3.8) is 0 Å². The van der Waals surface area contributed by atoms with Crippen molar-refractivity contribution in [1.29, 1.82) is 0 Å². The Bertz CT molecular complexity index is 1150. The van der Waals surface area contributed by atoms with Crippen molar-refractivity contribution in [3.05, 3.63) is 29.3 Å². The van der Waals surface area contributed by atoms with Crippen LogP contribution in [-0.2, 0) is 6.42 Å². The molecule has 0 spiro atoms. The van der Waals surface area contributed by atoms with Gasteiger partial charge in [0, 0.05) is 17.9 Å². The van der Waals surface area contributed by atoms with Gasteiger partial charge in [-0.05, 0) is 119 Å². The van der Waals surface area contributed by atoms with E-state index in [2.05, 4.69) is 6.92 Å². The Kier molecular flexibility index (Phi) is 11.7. The van der Waals surface area contributed by atoms with Crippen molar-refractivity contribution in [1.82, 2.24) is 4.90 Å². The van der Waals surface area contributed by atoms with E-state index in [9.17, 15) is 40.9 Å². The summed E-state index contributed by atoms with van der Waals surface area (Å²) in [6.45, 7) is 5.13. The van der Waals surface area contributed by atoms with Crippen LogP contribution in [0.4, 0.5) is 35.1 Å². The fourth-order valence-electron chi connectivity index (χ4n) is 8.91. The van der Waals surface area contributed by atoms with E-state index in [1.54, 1.807) is 12.1 Å². The monoisotopic (exact) mass is 669 g/mol. The quantitative estimate of drug-likeness (QED) is 0.145. The highest BCUT2D eigenvalue weighted by Crippen LogP contribution is 2.66. The lowest BCUT2D eigenvalue weighted by molar-refractivity contribution is -0.303. The second kappa shape index (κ2) is 14.5. The van der Waals surface area contributed by atoms with Gasteiger partial charge in [0.2, 0.25) is 0 Å². The van der Waals surface area contributed by atoms with Crippen LogP contribution in [0.3, 0.4) is 0 Å². The number of nitrogens with zero attached hydrogens (tertiary/aromatic N) is 1. The predicted octanol–water partition coefficient (Wildman–Crippen LogP) is 9.49. The molecule has 2 saturated carbocycles. The van der Waals surface area contributed by atoms with Gasteiger partial charge in [0.15, 0.2) is 6.17 Å². The minimum atomic E-state index is -5.94. The number of hydrogen-bond donors (Lipinski definition) is 2. The minimum Gasteiger partial charge on any atom is -0.508 e. The highest BCUT2D eigenvalue weighted by atomic mass is 19.4. The fourth-order valence-corrected chi connectivity index (χ4v) is 8.91. The first-order valence-corrected chi connectivity index (χ1v) is 17.0. The Labute approximate surface area is 268 Å². The first kappa shape index (κ1) is 37.2. The number of halogens is 8. The van der Waals surface area contributed by atoms with Crippen molar-refractivity contribution in [2.75, 3.05) is 20.1 Å². The molecule has 0 heterocycles. The Balaban J connectivity index is 1.20. The van der Waals surface area contributed by atoms with Gasteiger partial charge in [0.05, 0.1) is 5.60 Å². The lowest BCUT2D eigenvalue weighted by atomic mass is 9.50. The summed E-state index contributed by atoms with van der Waals surface area (Å²) in [6, 6.07) is 5.31. The number of alkyl halides is 8. The molecule has 264 valence electrons. The van der Waals surface area contributed by atoms with E-state index in [-0.39, 0.29) is 55.1 Å². The SMILES string of the molecule is CN(CCCCC[C@@H]1Cc2cc(O)ccc2[C@@H]2[C@@H]1[C@@H]1CC[C@](C)(O)[C@@]1(C)C[C@@H]2F)CCC(F)CCCCC(F)C(F)(F)C(F)(F)F. The molecule has 0 aromatic heterocycles. The number of unbranched alkanes of at least 4 members (excludes halogenated alkanes) is 3. The largest absolute Gasteiger partial charge is 0.508 e. The molecule has 0 amide bonds. The molecular weight excluding hydrogens is 618 g/mol. The zero-order chi connectivity index (χ0) is 34.1. The van der Waals surface area contributed by atoms with Crippen molar-refractivity contribution < 1.29 is 45.3 Å². The summed E-state index contributed by atoms with van der Waals surface area (Å²) in [5.41, 5.74) is 0.644. The number of hydrogen-bond acceptors (Lipinski definition) is 3. The van der Waals surface area contributed by atoms with Gasteiger partial charge in [-0.3, -0.25) is 0 Å². The maximum atomic E-state index is 16.1. The summed E-state index contributed by atoms with van der Waals surface area (Å²) in [6.07, 6.45) is -6.22. The first-order valence-electron chi connectivity index (χ1n) is 17.0. The summed E-state index contributed by atoms with van der Waals surface area (Å²) in [4.78, 5) is 2.00. The highest BCUT2D eigenvalue weighted by molar-refractivity contribution is 5.41. The van der Waals surface area contributed by atoms with Gasteiger partial charge in [-0.25, -0.2) is 13.2 Å². The molecule has 0 radical (unpaired) electrons. The van der Waals surface area contributed by atoms with Crippen LogP contribution >= 0.6 is 0 Å². The third-order valence-corrected chi connectivity index (χ3v) is 11.8. The van der Waals surface area contributed by atoms with Crippen molar-refractivity contribution >= 4 is 0 Å². The van der Waals surface area contributed by atoms with E-state index in [1.807, 2.05) is 24.9 Å². The number of rotatable bonds is 15. The van der Waals surface area contributed by atoms with Gasteiger partial charge in [-0.2, -0.15) is 22.0 Å². The summed E-state index contributed by atoms with van der Waals surface area (Å²) >= 11 is 0. The molecule has 1 aromatic carbocycles. The molecule has 0 saturated heterocycles. The summed E-state index contributed by atoms with van der Waals surface area (Å²) in [5, 5.41) is 21.4. The molecule has 2 unspecified atom stereocenters. The summed E-state index contributed by atoms with van der Waals surface area (Å²) < 4.78 is 106. The number of aromatic hydroxyl groups is 1. The van der Waals surface area contributed by atoms with Crippen LogP contribution in [0.1, 0.15) is 108 Å². The number of benzene rings is 1. The maximum absolute atomic E-state index is 16.1. The van der Waals surface area contributed by atoms with Crippen LogP contribution in [0.5, 0.6) is 5.75 Å².